The van der Waals surface area contributed by atoms with E-state index in [-0.39, 0.29) is 11.9 Å². The first-order valence-electron chi connectivity index (χ1n) is 6.89. The Bertz CT molecular complexity index is 549. The molecule has 1 atom stereocenters. The molecule has 20 heavy (non-hydrogen) atoms. The van der Waals surface area contributed by atoms with Crippen molar-refractivity contribution in [3.05, 3.63) is 54.1 Å². The molecule has 2 aromatic rings. The predicted molar refractivity (Wildman–Crippen MR) is 77.4 cm³/mol. The number of benzene rings is 1. The Morgan fingerprint density at radius 2 is 2.10 bits per heavy atom. The monoisotopic (exact) mass is 272 g/mol. The summed E-state index contributed by atoms with van der Waals surface area (Å²) < 4.78 is 6.98. The van der Waals surface area contributed by atoms with E-state index in [4.69, 9.17) is 4.74 Å². The molecule has 0 aliphatic heterocycles. The quantitative estimate of drug-likeness (QED) is 0.759. The predicted octanol–water partition coefficient (Wildman–Crippen LogP) is 2.79. The zero-order valence-electron chi connectivity index (χ0n) is 12.0. The van der Waals surface area contributed by atoms with Gasteiger partial charge in [0.15, 0.2) is 0 Å². The molecule has 1 unspecified atom stereocenters. The van der Waals surface area contributed by atoms with Crippen molar-refractivity contribution >= 4 is 5.97 Å². The molecule has 106 valence electrons. The van der Waals surface area contributed by atoms with E-state index in [1.807, 2.05) is 41.1 Å². The number of aryl methyl sites for hydroxylation is 1. The van der Waals surface area contributed by atoms with Crippen LogP contribution in [0.15, 0.2) is 42.7 Å². The highest BCUT2D eigenvalue weighted by molar-refractivity contribution is 5.77. The second-order valence-electron chi connectivity index (χ2n) is 4.73. The lowest BCUT2D eigenvalue weighted by Gasteiger charge is -2.17. The van der Waals surface area contributed by atoms with Gasteiger partial charge in [0.25, 0.3) is 0 Å². The van der Waals surface area contributed by atoms with Gasteiger partial charge in [0, 0.05) is 25.4 Å². The molecule has 0 N–H and O–H groups in total. The van der Waals surface area contributed by atoms with Crippen molar-refractivity contribution in [3.63, 3.8) is 0 Å². The Morgan fingerprint density at radius 3 is 2.75 bits per heavy atom. The third-order valence-electron chi connectivity index (χ3n) is 3.34. The number of methoxy groups -OCH3 is 1. The van der Waals surface area contributed by atoms with E-state index < -0.39 is 0 Å². The van der Waals surface area contributed by atoms with Crippen molar-refractivity contribution in [2.45, 2.75) is 32.2 Å². The Hall–Kier alpha value is -2.10. The zero-order valence-corrected chi connectivity index (χ0v) is 12.0. The van der Waals surface area contributed by atoms with Gasteiger partial charge in [-0.15, -0.1) is 0 Å². The van der Waals surface area contributed by atoms with Crippen LogP contribution in [-0.4, -0.2) is 22.6 Å². The fourth-order valence-corrected chi connectivity index (χ4v) is 2.30. The molecule has 0 bridgehead atoms. The first kappa shape index (κ1) is 14.3. The number of hydrogen-bond donors (Lipinski definition) is 0. The third kappa shape index (κ3) is 3.26. The van der Waals surface area contributed by atoms with E-state index in [1.165, 1.54) is 7.11 Å². The molecule has 1 heterocycles. The van der Waals surface area contributed by atoms with E-state index in [0.717, 1.165) is 24.2 Å². The fourth-order valence-electron chi connectivity index (χ4n) is 2.30. The highest BCUT2D eigenvalue weighted by Crippen LogP contribution is 2.20. The largest absolute Gasteiger partial charge is 0.468 e. The number of aromatic nitrogens is 2. The van der Waals surface area contributed by atoms with Gasteiger partial charge in [-0.3, -0.25) is 4.79 Å². The second-order valence-corrected chi connectivity index (χ2v) is 4.73. The van der Waals surface area contributed by atoms with Crippen LogP contribution in [0.2, 0.25) is 0 Å². The number of imidazole rings is 1. The van der Waals surface area contributed by atoms with Crippen molar-refractivity contribution in [2.24, 2.45) is 0 Å². The molecular weight excluding hydrogens is 252 g/mol. The van der Waals surface area contributed by atoms with Crippen molar-refractivity contribution in [2.75, 3.05) is 7.11 Å². The fraction of sp³-hybridized carbons (Fsp3) is 0.375. The van der Waals surface area contributed by atoms with Crippen LogP contribution in [-0.2, 0) is 22.5 Å². The van der Waals surface area contributed by atoms with E-state index in [0.29, 0.717) is 6.54 Å². The SMILES string of the molecule is CCCc1nccn1CC(C(=O)OC)c1ccccc1. The lowest BCUT2D eigenvalue weighted by molar-refractivity contribution is -0.142. The van der Waals surface area contributed by atoms with Crippen LogP contribution in [0.25, 0.3) is 0 Å². The number of carbonyl (C=O) groups is 1. The normalized spacial score (nSPS) is 12.1. The van der Waals surface area contributed by atoms with Gasteiger partial charge >= 0.3 is 5.97 Å². The molecule has 4 nitrogen and oxygen atoms in total. The maximum Gasteiger partial charge on any atom is 0.314 e. The van der Waals surface area contributed by atoms with Crippen molar-refractivity contribution < 1.29 is 9.53 Å². The van der Waals surface area contributed by atoms with Crippen LogP contribution < -0.4 is 0 Å². The highest BCUT2D eigenvalue weighted by Gasteiger charge is 2.22. The summed E-state index contributed by atoms with van der Waals surface area (Å²) in [7, 11) is 1.43. The van der Waals surface area contributed by atoms with Gasteiger partial charge in [0.05, 0.1) is 13.0 Å². The minimum atomic E-state index is -0.300. The standard InChI is InChI=1S/C16H20N2O2/c1-3-7-15-17-10-11-18(15)12-14(16(19)20-2)13-8-5-4-6-9-13/h4-6,8-11,14H,3,7,12H2,1-2H3. The van der Waals surface area contributed by atoms with Crippen molar-refractivity contribution in [1.29, 1.82) is 0 Å². The highest BCUT2D eigenvalue weighted by atomic mass is 16.5. The molecule has 0 saturated heterocycles. The average molecular weight is 272 g/mol. The molecule has 0 aliphatic rings. The summed E-state index contributed by atoms with van der Waals surface area (Å²) in [6.45, 7) is 2.68. The molecule has 0 spiro atoms. The van der Waals surface area contributed by atoms with E-state index in [9.17, 15) is 4.79 Å². The van der Waals surface area contributed by atoms with Gasteiger partial charge in [0.1, 0.15) is 5.82 Å². The Balaban J connectivity index is 2.24. The summed E-state index contributed by atoms with van der Waals surface area (Å²) in [6, 6.07) is 9.73. The lowest BCUT2D eigenvalue weighted by atomic mass is 9.99. The molecule has 0 aliphatic carbocycles. The van der Waals surface area contributed by atoms with Crippen LogP contribution >= 0.6 is 0 Å². The number of hydrogen-bond acceptors (Lipinski definition) is 3. The van der Waals surface area contributed by atoms with E-state index >= 15 is 0 Å². The summed E-state index contributed by atoms with van der Waals surface area (Å²) >= 11 is 0. The van der Waals surface area contributed by atoms with Gasteiger partial charge < -0.3 is 9.30 Å². The smallest absolute Gasteiger partial charge is 0.314 e. The maximum absolute atomic E-state index is 12.1. The zero-order chi connectivity index (χ0) is 14.4. The molecule has 0 saturated carbocycles. The summed E-state index contributed by atoms with van der Waals surface area (Å²) in [5, 5.41) is 0. The van der Waals surface area contributed by atoms with Crippen molar-refractivity contribution in [1.82, 2.24) is 9.55 Å². The van der Waals surface area contributed by atoms with Gasteiger partial charge in [-0.25, -0.2) is 4.98 Å². The topological polar surface area (TPSA) is 44.1 Å². The first-order chi connectivity index (χ1) is 9.76. The van der Waals surface area contributed by atoms with Gasteiger partial charge in [-0.2, -0.15) is 0 Å². The minimum absolute atomic E-state index is 0.215. The molecule has 4 heteroatoms. The Labute approximate surface area is 119 Å². The van der Waals surface area contributed by atoms with Crippen LogP contribution in [0.3, 0.4) is 0 Å². The number of ether oxygens (including phenoxy) is 1. The van der Waals surface area contributed by atoms with Crippen LogP contribution in [0.5, 0.6) is 0 Å². The number of carbonyl (C=O) groups excluding carboxylic acids is 1. The molecule has 1 aromatic carbocycles. The average Bonchev–Trinajstić information content (AvgIpc) is 2.92. The molecule has 0 fully saturated rings. The lowest BCUT2D eigenvalue weighted by Crippen LogP contribution is -2.20. The maximum atomic E-state index is 12.1. The number of esters is 1. The molecule has 0 radical (unpaired) electrons. The summed E-state index contributed by atoms with van der Waals surface area (Å²) in [5.74, 6) is 0.496. The van der Waals surface area contributed by atoms with Crippen molar-refractivity contribution in [3.8, 4) is 0 Å². The molecular formula is C16H20N2O2. The van der Waals surface area contributed by atoms with E-state index in [1.54, 1.807) is 6.20 Å². The van der Waals surface area contributed by atoms with E-state index in [2.05, 4.69) is 11.9 Å². The summed E-state index contributed by atoms with van der Waals surface area (Å²) in [5.41, 5.74) is 0.968. The van der Waals surface area contributed by atoms with Gasteiger partial charge in [-0.1, -0.05) is 37.3 Å². The summed E-state index contributed by atoms with van der Waals surface area (Å²) in [6.07, 6.45) is 5.65. The number of rotatable bonds is 6. The Morgan fingerprint density at radius 1 is 1.35 bits per heavy atom. The molecule has 0 amide bonds. The van der Waals surface area contributed by atoms with Crippen LogP contribution in [0.1, 0.15) is 30.7 Å². The number of nitrogens with zero attached hydrogens (tertiary/aromatic N) is 2. The Kier molecular flexibility index (Phi) is 4.93. The summed E-state index contributed by atoms with van der Waals surface area (Å²) in [4.78, 5) is 16.4. The third-order valence-corrected chi connectivity index (χ3v) is 3.34. The van der Waals surface area contributed by atoms with Crippen LogP contribution in [0.4, 0.5) is 0 Å². The second kappa shape index (κ2) is 6.89. The minimum Gasteiger partial charge on any atom is -0.468 e. The van der Waals surface area contributed by atoms with Crippen LogP contribution in [0, 0.1) is 0 Å². The molecule has 1 aromatic heterocycles. The van der Waals surface area contributed by atoms with Gasteiger partial charge in [-0.05, 0) is 12.0 Å². The van der Waals surface area contributed by atoms with Gasteiger partial charge in [0.2, 0.25) is 0 Å². The molecule has 2 rings (SSSR count). The first-order valence-corrected chi connectivity index (χ1v) is 6.89.